The molecule has 19 heavy (non-hydrogen) atoms. The third-order valence-corrected chi connectivity index (χ3v) is 3.14. The third kappa shape index (κ3) is 4.98. The Morgan fingerprint density at radius 3 is 2.58 bits per heavy atom. The summed E-state index contributed by atoms with van der Waals surface area (Å²) in [7, 11) is 3.75. The molecule has 0 aliphatic rings. The second-order valence-electron chi connectivity index (χ2n) is 4.70. The molecule has 1 aromatic carbocycles. The topological polar surface area (TPSA) is 67.6 Å². The predicted octanol–water partition coefficient (Wildman–Crippen LogP) is 0.858. The SMILES string of the molecule is COCCN(C)Cc1ccc(C(C)C(=O)NN)cc1. The zero-order valence-corrected chi connectivity index (χ0v) is 11.8. The molecule has 0 bridgehead atoms. The molecule has 1 rings (SSSR count). The molecule has 1 unspecified atom stereocenters. The molecular formula is C14H23N3O2. The minimum atomic E-state index is -0.231. The zero-order valence-electron chi connectivity index (χ0n) is 11.8. The van der Waals surface area contributed by atoms with E-state index in [-0.39, 0.29) is 11.8 Å². The van der Waals surface area contributed by atoms with Crippen molar-refractivity contribution in [3.8, 4) is 0 Å². The van der Waals surface area contributed by atoms with Gasteiger partial charge in [-0.1, -0.05) is 24.3 Å². The van der Waals surface area contributed by atoms with Gasteiger partial charge in [-0.25, -0.2) is 5.84 Å². The van der Waals surface area contributed by atoms with Gasteiger partial charge < -0.3 is 4.74 Å². The van der Waals surface area contributed by atoms with Crippen molar-refractivity contribution in [1.29, 1.82) is 0 Å². The number of nitrogens with two attached hydrogens (primary N) is 1. The fraction of sp³-hybridized carbons (Fsp3) is 0.500. The van der Waals surface area contributed by atoms with Gasteiger partial charge in [0.15, 0.2) is 0 Å². The largest absolute Gasteiger partial charge is 0.383 e. The van der Waals surface area contributed by atoms with Crippen molar-refractivity contribution in [2.24, 2.45) is 5.84 Å². The minimum absolute atomic E-state index is 0.176. The highest BCUT2D eigenvalue weighted by Crippen LogP contribution is 2.16. The van der Waals surface area contributed by atoms with E-state index in [1.165, 1.54) is 5.56 Å². The number of hydrogen-bond acceptors (Lipinski definition) is 4. The fourth-order valence-corrected chi connectivity index (χ4v) is 1.83. The highest BCUT2D eigenvalue weighted by molar-refractivity contribution is 5.82. The van der Waals surface area contributed by atoms with Crippen molar-refractivity contribution in [1.82, 2.24) is 10.3 Å². The molecule has 0 saturated heterocycles. The number of amides is 1. The summed E-state index contributed by atoms with van der Waals surface area (Å²) in [6, 6.07) is 8.02. The van der Waals surface area contributed by atoms with Gasteiger partial charge in [0.25, 0.3) is 0 Å². The summed E-state index contributed by atoms with van der Waals surface area (Å²) in [5, 5.41) is 0. The first-order valence-corrected chi connectivity index (χ1v) is 6.35. The second kappa shape index (κ2) is 7.89. The Morgan fingerprint density at radius 2 is 2.05 bits per heavy atom. The molecule has 0 spiro atoms. The maximum atomic E-state index is 11.4. The molecule has 0 aromatic heterocycles. The van der Waals surface area contributed by atoms with E-state index in [9.17, 15) is 4.79 Å². The van der Waals surface area contributed by atoms with E-state index in [0.29, 0.717) is 0 Å². The van der Waals surface area contributed by atoms with E-state index in [2.05, 4.69) is 17.4 Å². The molecule has 0 aliphatic carbocycles. The Labute approximate surface area is 114 Å². The number of nitrogens with zero attached hydrogens (tertiary/aromatic N) is 1. The Balaban J connectivity index is 2.58. The van der Waals surface area contributed by atoms with Gasteiger partial charge in [0, 0.05) is 20.2 Å². The normalized spacial score (nSPS) is 12.5. The first-order chi connectivity index (χ1) is 9.08. The number of nitrogens with one attached hydrogen (secondary N) is 1. The van der Waals surface area contributed by atoms with Crippen LogP contribution in [0.1, 0.15) is 24.0 Å². The van der Waals surface area contributed by atoms with Crippen LogP contribution in [0.5, 0.6) is 0 Å². The van der Waals surface area contributed by atoms with Gasteiger partial charge in [0.05, 0.1) is 12.5 Å². The molecule has 0 heterocycles. The molecule has 0 radical (unpaired) electrons. The number of rotatable bonds is 7. The average molecular weight is 265 g/mol. The molecule has 3 N–H and O–H groups in total. The van der Waals surface area contributed by atoms with E-state index >= 15 is 0 Å². The van der Waals surface area contributed by atoms with Crippen molar-refractivity contribution < 1.29 is 9.53 Å². The van der Waals surface area contributed by atoms with Crippen molar-refractivity contribution in [3.05, 3.63) is 35.4 Å². The molecule has 5 nitrogen and oxygen atoms in total. The number of hydrogen-bond donors (Lipinski definition) is 2. The van der Waals surface area contributed by atoms with Crippen molar-refractivity contribution in [2.45, 2.75) is 19.4 Å². The van der Waals surface area contributed by atoms with Crippen molar-refractivity contribution >= 4 is 5.91 Å². The number of likely N-dealkylation sites (N-methyl/N-ethyl adjacent to an activating group) is 1. The van der Waals surface area contributed by atoms with Crippen LogP contribution in [0.2, 0.25) is 0 Å². The summed E-state index contributed by atoms with van der Waals surface area (Å²) in [4.78, 5) is 13.6. The molecule has 0 saturated carbocycles. The third-order valence-electron chi connectivity index (χ3n) is 3.14. The quantitative estimate of drug-likeness (QED) is 0.436. The van der Waals surface area contributed by atoms with Gasteiger partial charge in [0.2, 0.25) is 5.91 Å². The summed E-state index contributed by atoms with van der Waals surface area (Å²) in [6.45, 7) is 4.32. The molecule has 106 valence electrons. The number of ether oxygens (including phenoxy) is 1. The Hall–Kier alpha value is -1.43. The Kier molecular flexibility index (Phi) is 6.49. The van der Waals surface area contributed by atoms with Crippen LogP contribution in [0.3, 0.4) is 0 Å². The van der Waals surface area contributed by atoms with E-state index in [1.54, 1.807) is 7.11 Å². The van der Waals surface area contributed by atoms with Gasteiger partial charge >= 0.3 is 0 Å². The Morgan fingerprint density at radius 1 is 1.42 bits per heavy atom. The number of carbonyl (C=O) groups excluding carboxylic acids is 1. The lowest BCUT2D eigenvalue weighted by Crippen LogP contribution is -2.33. The van der Waals surface area contributed by atoms with E-state index in [4.69, 9.17) is 10.6 Å². The Bertz CT molecular complexity index is 392. The molecule has 1 aromatic rings. The van der Waals surface area contributed by atoms with Crippen LogP contribution >= 0.6 is 0 Å². The lowest BCUT2D eigenvalue weighted by atomic mass is 9.99. The zero-order chi connectivity index (χ0) is 14.3. The number of benzene rings is 1. The predicted molar refractivity (Wildman–Crippen MR) is 75.4 cm³/mol. The van der Waals surface area contributed by atoms with Crippen LogP contribution in [-0.4, -0.2) is 38.1 Å². The maximum absolute atomic E-state index is 11.4. The number of carbonyl (C=O) groups is 1. The second-order valence-corrected chi connectivity index (χ2v) is 4.70. The van der Waals surface area contributed by atoms with Gasteiger partial charge in [-0.05, 0) is 25.1 Å². The molecular weight excluding hydrogens is 242 g/mol. The van der Waals surface area contributed by atoms with Gasteiger partial charge in [0.1, 0.15) is 0 Å². The first kappa shape index (κ1) is 15.6. The van der Waals surface area contributed by atoms with Gasteiger partial charge in [-0.3, -0.25) is 15.1 Å². The fourth-order valence-electron chi connectivity index (χ4n) is 1.83. The van der Waals surface area contributed by atoms with Crippen molar-refractivity contribution in [2.75, 3.05) is 27.3 Å². The highest BCUT2D eigenvalue weighted by Gasteiger charge is 2.13. The van der Waals surface area contributed by atoms with Gasteiger partial charge in [-0.2, -0.15) is 0 Å². The summed E-state index contributed by atoms with van der Waals surface area (Å²) < 4.78 is 5.04. The number of hydrazine groups is 1. The van der Waals surface area contributed by atoms with Crippen LogP contribution in [-0.2, 0) is 16.1 Å². The van der Waals surface area contributed by atoms with E-state index in [1.807, 2.05) is 31.2 Å². The molecule has 5 heteroatoms. The summed E-state index contributed by atoms with van der Waals surface area (Å²) in [6.07, 6.45) is 0. The van der Waals surface area contributed by atoms with Crippen LogP contribution in [0.15, 0.2) is 24.3 Å². The van der Waals surface area contributed by atoms with Gasteiger partial charge in [-0.15, -0.1) is 0 Å². The highest BCUT2D eigenvalue weighted by atomic mass is 16.5. The molecule has 1 amide bonds. The smallest absolute Gasteiger partial charge is 0.241 e. The first-order valence-electron chi connectivity index (χ1n) is 6.35. The number of methoxy groups -OCH3 is 1. The molecule has 0 fully saturated rings. The summed E-state index contributed by atoms with van der Waals surface area (Å²) in [5.41, 5.74) is 4.35. The standard InChI is InChI=1S/C14H23N3O2/c1-11(14(18)16-15)13-6-4-12(5-7-13)10-17(2)8-9-19-3/h4-7,11H,8-10,15H2,1-3H3,(H,16,18). The lowest BCUT2D eigenvalue weighted by Gasteiger charge is -2.17. The lowest BCUT2D eigenvalue weighted by molar-refractivity contribution is -0.122. The summed E-state index contributed by atoms with van der Waals surface area (Å²) in [5.74, 6) is 4.73. The average Bonchev–Trinajstić information content (AvgIpc) is 2.44. The van der Waals surface area contributed by atoms with E-state index in [0.717, 1.165) is 25.3 Å². The summed E-state index contributed by atoms with van der Waals surface area (Å²) >= 11 is 0. The van der Waals surface area contributed by atoms with E-state index < -0.39 is 0 Å². The minimum Gasteiger partial charge on any atom is -0.383 e. The molecule has 1 atom stereocenters. The maximum Gasteiger partial charge on any atom is 0.241 e. The van der Waals surface area contributed by atoms with Crippen LogP contribution in [0.25, 0.3) is 0 Å². The van der Waals surface area contributed by atoms with Crippen LogP contribution in [0, 0.1) is 0 Å². The monoisotopic (exact) mass is 265 g/mol. The molecule has 0 aliphatic heterocycles. The van der Waals surface area contributed by atoms with Crippen LogP contribution < -0.4 is 11.3 Å². The van der Waals surface area contributed by atoms with Crippen LogP contribution in [0.4, 0.5) is 0 Å². The van der Waals surface area contributed by atoms with Crippen molar-refractivity contribution in [3.63, 3.8) is 0 Å².